The number of aliphatic hydroxyl groups excluding tert-OH is 10. The lowest BCUT2D eigenvalue weighted by Gasteiger charge is -2.70. The number of ether oxygens (including phenoxy) is 10. The molecule has 0 aromatic heterocycles. The van der Waals surface area contributed by atoms with Crippen LogP contribution in [0.1, 0.15) is 107 Å². The average molecular weight is 1050 g/mol. The minimum absolute atomic E-state index is 0.108. The Morgan fingerprint density at radius 2 is 1.32 bits per heavy atom. The fourth-order valence-electron chi connectivity index (χ4n) is 16.9. The van der Waals surface area contributed by atoms with Gasteiger partial charge < -0.3 is 104 Å². The van der Waals surface area contributed by atoms with E-state index in [0.717, 1.165) is 44.1 Å². The van der Waals surface area contributed by atoms with Crippen molar-refractivity contribution >= 4 is 0 Å². The number of hydrogen-bond donors (Lipinski definition) is 11. The molecule has 0 aromatic rings. The fourth-order valence-corrected chi connectivity index (χ4v) is 16.9. The molecule has 0 aromatic carbocycles. The second kappa shape index (κ2) is 19.6. The maximum Gasteiger partial charge on any atom is 0.187 e. The number of fused-ring (bicyclic) bond motifs is 4. The Hall–Kier alpha value is -1.10. The van der Waals surface area contributed by atoms with Gasteiger partial charge in [-0.1, -0.05) is 39.3 Å². The van der Waals surface area contributed by atoms with Crippen LogP contribution in [0.15, 0.2) is 11.6 Å². The smallest absolute Gasteiger partial charge is 0.187 e. The van der Waals surface area contributed by atoms with E-state index in [1.165, 1.54) is 6.92 Å². The number of rotatable bonds is 10. The summed E-state index contributed by atoms with van der Waals surface area (Å²) in [5.41, 5.74) is -0.717. The Balaban J connectivity index is 0.919. The highest BCUT2D eigenvalue weighted by molar-refractivity contribution is 5.27. The van der Waals surface area contributed by atoms with Crippen LogP contribution in [0.4, 0.5) is 0 Å². The summed E-state index contributed by atoms with van der Waals surface area (Å²) < 4.78 is 63.4. The van der Waals surface area contributed by atoms with Gasteiger partial charge in [-0.15, -0.1) is 0 Å². The lowest BCUT2D eigenvalue weighted by atomic mass is 9.35. The first kappa shape index (κ1) is 55.2. The number of aliphatic hydroxyl groups is 11. The van der Waals surface area contributed by atoms with Crippen LogP contribution in [0, 0.1) is 45.3 Å². The third-order valence-electron chi connectivity index (χ3n) is 20.4. The Bertz CT molecular complexity index is 2010. The second-order valence-electron chi connectivity index (χ2n) is 25.3. The lowest BCUT2D eigenvalue weighted by Crippen LogP contribution is -2.68. The average Bonchev–Trinajstić information content (AvgIpc) is 3.85. The van der Waals surface area contributed by atoms with Gasteiger partial charge in [-0.2, -0.15) is 0 Å². The van der Waals surface area contributed by atoms with E-state index in [1.807, 2.05) is 6.92 Å². The van der Waals surface area contributed by atoms with Gasteiger partial charge in [0.15, 0.2) is 30.9 Å². The summed E-state index contributed by atoms with van der Waals surface area (Å²) >= 11 is 0. The lowest BCUT2D eigenvalue weighted by molar-refractivity contribution is -0.399. The molecule has 11 N–H and O–H groups in total. The molecular formula is C52H84O21. The third-order valence-corrected chi connectivity index (χ3v) is 20.4. The number of hydrogen-bond acceptors (Lipinski definition) is 21. The van der Waals surface area contributed by atoms with Crippen LogP contribution in [0.5, 0.6) is 0 Å². The van der Waals surface area contributed by atoms with Crippen molar-refractivity contribution in [3.8, 4) is 0 Å². The zero-order valence-corrected chi connectivity index (χ0v) is 43.4. The molecule has 21 nitrogen and oxygen atoms in total. The molecule has 29 unspecified atom stereocenters. The van der Waals surface area contributed by atoms with Crippen LogP contribution >= 0.6 is 0 Å². The topological polar surface area (TPSA) is 315 Å². The molecule has 6 aliphatic heterocycles. The highest BCUT2D eigenvalue weighted by atomic mass is 16.8. The zero-order chi connectivity index (χ0) is 52.7. The van der Waals surface area contributed by atoms with Crippen molar-refractivity contribution < 1.29 is 104 Å². The first-order valence-corrected chi connectivity index (χ1v) is 26.8. The summed E-state index contributed by atoms with van der Waals surface area (Å²) in [6, 6.07) is 0. The monoisotopic (exact) mass is 1040 g/mol. The van der Waals surface area contributed by atoms with Gasteiger partial charge in [-0.05, 0) is 100 Å². The molecule has 10 rings (SSSR count). The Kier molecular flexibility index (Phi) is 14.8. The SMILES string of the molecule is CC(C)=CC1CC(C)(O)C2C3CCC4C5(C)CCC(OC6OCC(O)C(OC7OC(CO)C(O)C(O)C7OC7OCC(O)C(O)C7O)C6OC6OC(C)C(O)C(O)C6O)C(C)(C)C5CCC4(C)C34COC2(C4)O1. The molecule has 10 aliphatic rings. The van der Waals surface area contributed by atoms with E-state index < -0.39 is 147 Å². The molecule has 29 atom stereocenters. The molecule has 6 heterocycles. The van der Waals surface area contributed by atoms with Gasteiger partial charge in [-0.25, -0.2) is 0 Å². The predicted molar refractivity (Wildman–Crippen MR) is 250 cm³/mol. The first-order valence-electron chi connectivity index (χ1n) is 26.8. The van der Waals surface area contributed by atoms with Gasteiger partial charge in [-0.3, -0.25) is 0 Å². The summed E-state index contributed by atoms with van der Waals surface area (Å²) in [6.07, 6.45) is -20.8. The minimum Gasteiger partial charge on any atom is -0.394 e. The Morgan fingerprint density at radius 1 is 0.644 bits per heavy atom. The molecule has 73 heavy (non-hydrogen) atoms. The molecule has 2 bridgehead atoms. The van der Waals surface area contributed by atoms with Gasteiger partial charge in [0.25, 0.3) is 0 Å². The molecule has 4 aliphatic carbocycles. The fraction of sp³-hybridized carbons (Fsp3) is 0.962. The van der Waals surface area contributed by atoms with Crippen molar-refractivity contribution in [2.75, 3.05) is 26.4 Å². The van der Waals surface area contributed by atoms with Crippen molar-refractivity contribution in [1.82, 2.24) is 0 Å². The van der Waals surface area contributed by atoms with E-state index in [4.69, 9.17) is 47.4 Å². The van der Waals surface area contributed by atoms with E-state index >= 15 is 0 Å². The highest BCUT2D eigenvalue weighted by Crippen LogP contribution is 2.80. The molecule has 10 fully saturated rings. The zero-order valence-electron chi connectivity index (χ0n) is 43.4. The highest BCUT2D eigenvalue weighted by Gasteiger charge is 2.81. The maximum absolute atomic E-state index is 12.3. The quantitative estimate of drug-likeness (QED) is 0.0967. The Morgan fingerprint density at radius 3 is 2.03 bits per heavy atom. The summed E-state index contributed by atoms with van der Waals surface area (Å²) in [5.74, 6) is -0.230. The molecule has 4 saturated carbocycles. The van der Waals surface area contributed by atoms with Gasteiger partial charge >= 0.3 is 0 Å². The third kappa shape index (κ3) is 8.77. The Labute approximate surface area is 426 Å². The van der Waals surface area contributed by atoms with Crippen LogP contribution < -0.4 is 0 Å². The molecule has 2 spiro atoms. The van der Waals surface area contributed by atoms with E-state index in [1.54, 1.807) is 0 Å². The predicted octanol–water partition coefficient (Wildman–Crippen LogP) is -0.542. The second-order valence-corrected chi connectivity index (χ2v) is 25.3. The largest absolute Gasteiger partial charge is 0.394 e. The van der Waals surface area contributed by atoms with Crippen molar-refractivity contribution in [2.45, 2.75) is 241 Å². The first-order chi connectivity index (χ1) is 34.2. The van der Waals surface area contributed by atoms with Crippen molar-refractivity contribution in [1.29, 1.82) is 0 Å². The molecule has 418 valence electrons. The summed E-state index contributed by atoms with van der Waals surface area (Å²) in [4.78, 5) is 0. The molecule has 6 saturated heterocycles. The maximum atomic E-state index is 12.3. The van der Waals surface area contributed by atoms with Crippen molar-refractivity contribution in [2.24, 2.45) is 45.3 Å². The van der Waals surface area contributed by atoms with Crippen LogP contribution in [0.25, 0.3) is 0 Å². The van der Waals surface area contributed by atoms with Crippen molar-refractivity contribution in [3.63, 3.8) is 0 Å². The van der Waals surface area contributed by atoms with Crippen LogP contribution in [0.3, 0.4) is 0 Å². The van der Waals surface area contributed by atoms with Crippen molar-refractivity contribution in [3.05, 3.63) is 11.6 Å². The van der Waals surface area contributed by atoms with Gasteiger partial charge in [0.05, 0.1) is 50.3 Å². The van der Waals surface area contributed by atoms with E-state index in [-0.39, 0.29) is 46.7 Å². The van der Waals surface area contributed by atoms with Crippen LogP contribution in [0.2, 0.25) is 0 Å². The van der Waals surface area contributed by atoms with E-state index in [2.05, 4.69) is 47.6 Å². The standard InChI is InChI=1S/C52H84O21/c1-22(2)15-24-16-50(8,63)42-25-9-10-30-48(6)13-12-31(47(4,5)29(48)11-14-49(30,7)51(25)20-52(42,73-24)66-21-51)69-45-41(72-44-38(62)35(59)32(56)23(3)67-44)39(27(55)19-65-45)70-46-40(36(60)34(58)28(17-53)68-46)71-43-37(61)33(57)26(54)18-64-43/h15,23-46,53-63H,9-14,16-21H2,1-8H3. The van der Waals surface area contributed by atoms with Crippen LogP contribution in [-0.4, -0.2) is 217 Å². The molecular weight excluding hydrogens is 961 g/mol. The summed E-state index contributed by atoms with van der Waals surface area (Å²) in [5, 5.41) is 121. The van der Waals surface area contributed by atoms with Crippen LogP contribution in [-0.2, 0) is 47.4 Å². The van der Waals surface area contributed by atoms with Gasteiger partial charge in [0.1, 0.15) is 79.4 Å². The van der Waals surface area contributed by atoms with Gasteiger partial charge in [0, 0.05) is 24.2 Å². The minimum atomic E-state index is -1.87. The normalized spacial score (nSPS) is 57.5. The number of allylic oxidation sites excluding steroid dienone is 1. The summed E-state index contributed by atoms with van der Waals surface area (Å²) in [6.45, 7) is 15.9. The van der Waals surface area contributed by atoms with Gasteiger partial charge in [0.2, 0.25) is 0 Å². The molecule has 0 radical (unpaired) electrons. The molecule has 21 heteroatoms. The van der Waals surface area contributed by atoms with E-state index in [9.17, 15) is 56.2 Å². The molecule has 0 amide bonds. The summed E-state index contributed by atoms with van der Waals surface area (Å²) in [7, 11) is 0. The van der Waals surface area contributed by atoms with E-state index in [0.29, 0.717) is 25.4 Å².